The molecule has 0 bridgehead atoms. The molecule has 0 unspecified atom stereocenters. The molecule has 1 aliphatic rings. The Balaban J connectivity index is 2.38. The van der Waals surface area contributed by atoms with Gasteiger partial charge in [0.15, 0.2) is 0 Å². The van der Waals surface area contributed by atoms with Crippen molar-refractivity contribution >= 4 is 0 Å². The van der Waals surface area contributed by atoms with Crippen molar-refractivity contribution in [1.29, 1.82) is 0 Å². The maximum atomic E-state index is 5.35. The lowest BCUT2D eigenvalue weighted by Crippen LogP contribution is -2.36. The van der Waals surface area contributed by atoms with Crippen LogP contribution in [-0.4, -0.2) is 37.7 Å². The summed E-state index contributed by atoms with van der Waals surface area (Å²) in [5.41, 5.74) is 0. The minimum Gasteiger partial charge on any atom is -0.379 e. The predicted molar refractivity (Wildman–Crippen MR) is 42.1 cm³/mol. The second-order valence-electron chi connectivity index (χ2n) is 3.16. The van der Waals surface area contributed by atoms with E-state index in [4.69, 9.17) is 4.74 Å². The first-order valence-electron chi connectivity index (χ1n) is 4.03. The predicted octanol–water partition coefficient (Wildman–Crippen LogP) is 0.973. The summed E-state index contributed by atoms with van der Waals surface area (Å²) in [5, 5.41) is 0. The lowest BCUT2D eigenvalue weighted by Gasteiger charge is -2.24. The molecule has 10 heavy (non-hydrogen) atoms. The van der Waals surface area contributed by atoms with Crippen molar-refractivity contribution in [3.05, 3.63) is 0 Å². The Morgan fingerprint density at radius 3 is 2.60 bits per heavy atom. The van der Waals surface area contributed by atoms with Crippen LogP contribution in [0.15, 0.2) is 0 Å². The van der Waals surface area contributed by atoms with E-state index in [2.05, 4.69) is 25.8 Å². The maximum Gasteiger partial charge on any atom is 0.0625 e. The molecule has 2 nitrogen and oxygen atoms in total. The van der Waals surface area contributed by atoms with Gasteiger partial charge in [0.1, 0.15) is 0 Å². The highest BCUT2D eigenvalue weighted by Gasteiger charge is 2.26. The van der Waals surface area contributed by atoms with Crippen molar-refractivity contribution in [2.24, 2.45) is 5.92 Å². The van der Waals surface area contributed by atoms with Gasteiger partial charge in [-0.05, 0) is 19.5 Å². The van der Waals surface area contributed by atoms with Crippen LogP contribution in [0.4, 0.5) is 0 Å². The van der Waals surface area contributed by atoms with E-state index in [1.54, 1.807) is 0 Å². The van der Waals surface area contributed by atoms with Crippen molar-refractivity contribution < 1.29 is 4.74 Å². The van der Waals surface area contributed by atoms with Crippen LogP contribution >= 0.6 is 0 Å². The minimum absolute atomic E-state index is 0.657. The third-order valence-corrected chi connectivity index (χ3v) is 2.39. The topological polar surface area (TPSA) is 12.5 Å². The Hall–Kier alpha value is -0.0800. The summed E-state index contributed by atoms with van der Waals surface area (Å²) >= 11 is 0. The van der Waals surface area contributed by atoms with Gasteiger partial charge < -0.3 is 9.64 Å². The van der Waals surface area contributed by atoms with Crippen molar-refractivity contribution in [2.75, 3.05) is 26.8 Å². The van der Waals surface area contributed by atoms with E-state index in [-0.39, 0.29) is 0 Å². The Morgan fingerprint density at radius 2 is 2.20 bits per heavy atom. The molecule has 1 rings (SSSR count). The van der Waals surface area contributed by atoms with E-state index >= 15 is 0 Å². The van der Waals surface area contributed by atoms with Gasteiger partial charge in [-0.25, -0.2) is 0 Å². The van der Waals surface area contributed by atoms with Crippen molar-refractivity contribution in [3.8, 4) is 0 Å². The largest absolute Gasteiger partial charge is 0.379 e. The van der Waals surface area contributed by atoms with Crippen molar-refractivity contribution in [2.45, 2.75) is 19.9 Å². The molecule has 0 aliphatic carbocycles. The lowest BCUT2D eigenvalue weighted by molar-refractivity contribution is 0.162. The summed E-state index contributed by atoms with van der Waals surface area (Å²) < 4.78 is 5.35. The molecule has 0 aromatic heterocycles. The fraction of sp³-hybridized carbons (Fsp3) is 1.00. The molecule has 1 heterocycles. The highest BCUT2D eigenvalue weighted by molar-refractivity contribution is 4.78. The van der Waals surface area contributed by atoms with Gasteiger partial charge in [-0.15, -0.1) is 0 Å². The number of likely N-dealkylation sites (N-methyl/N-ethyl adjacent to an activating group) is 1. The molecule has 0 radical (unpaired) electrons. The molecule has 1 saturated heterocycles. The molecule has 1 fully saturated rings. The van der Waals surface area contributed by atoms with Crippen LogP contribution < -0.4 is 0 Å². The fourth-order valence-electron chi connectivity index (χ4n) is 1.45. The Labute approximate surface area is 63.2 Å². The zero-order valence-electron chi connectivity index (χ0n) is 7.13. The quantitative estimate of drug-likeness (QED) is 0.571. The summed E-state index contributed by atoms with van der Waals surface area (Å²) in [6.45, 7) is 7.42. The van der Waals surface area contributed by atoms with Gasteiger partial charge in [-0.2, -0.15) is 0 Å². The average molecular weight is 143 g/mol. The molecule has 2 atom stereocenters. The smallest absolute Gasteiger partial charge is 0.0625 e. The normalized spacial score (nSPS) is 33.6. The highest BCUT2D eigenvalue weighted by Crippen LogP contribution is 2.16. The standard InChI is InChI=1S/C8H17NO/c1-4-9(3)8-6-10-5-7(8)2/h7-8H,4-6H2,1-3H3/t7-,8-/m1/s1. The first kappa shape index (κ1) is 8.02. The molecule has 0 amide bonds. The lowest BCUT2D eigenvalue weighted by atomic mass is 10.1. The summed E-state index contributed by atoms with van der Waals surface area (Å²) in [6.07, 6.45) is 0. The molecule has 0 saturated carbocycles. The number of rotatable bonds is 2. The monoisotopic (exact) mass is 143 g/mol. The van der Waals surface area contributed by atoms with E-state index in [9.17, 15) is 0 Å². The molecule has 60 valence electrons. The maximum absolute atomic E-state index is 5.35. The minimum atomic E-state index is 0.657. The van der Waals surface area contributed by atoms with Crippen molar-refractivity contribution in [1.82, 2.24) is 4.90 Å². The fourth-order valence-corrected chi connectivity index (χ4v) is 1.45. The molecule has 0 N–H and O–H groups in total. The molecule has 0 aromatic rings. The van der Waals surface area contributed by atoms with Gasteiger partial charge in [-0.3, -0.25) is 0 Å². The zero-order valence-corrected chi connectivity index (χ0v) is 7.13. The van der Waals surface area contributed by atoms with E-state index in [1.807, 2.05) is 0 Å². The van der Waals surface area contributed by atoms with Crippen LogP contribution in [0.1, 0.15) is 13.8 Å². The van der Waals surface area contributed by atoms with Gasteiger partial charge in [0.05, 0.1) is 13.2 Å². The second-order valence-corrected chi connectivity index (χ2v) is 3.16. The average Bonchev–Trinajstić information content (AvgIpc) is 2.34. The first-order chi connectivity index (χ1) is 4.75. The summed E-state index contributed by atoms with van der Waals surface area (Å²) in [7, 11) is 2.16. The number of hydrogen-bond acceptors (Lipinski definition) is 2. The van der Waals surface area contributed by atoms with E-state index < -0.39 is 0 Å². The van der Waals surface area contributed by atoms with Crippen LogP contribution in [-0.2, 0) is 4.74 Å². The second kappa shape index (κ2) is 3.35. The van der Waals surface area contributed by atoms with Crippen molar-refractivity contribution in [3.63, 3.8) is 0 Å². The van der Waals surface area contributed by atoms with Crippen LogP contribution in [0.5, 0.6) is 0 Å². The van der Waals surface area contributed by atoms with Crippen LogP contribution in [0.2, 0.25) is 0 Å². The Morgan fingerprint density at radius 1 is 1.50 bits per heavy atom. The van der Waals surface area contributed by atoms with Crippen LogP contribution in [0.3, 0.4) is 0 Å². The first-order valence-corrected chi connectivity index (χ1v) is 4.03. The summed E-state index contributed by atoms with van der Waals surface area (Å²) in [5.74, 6) is 0.713. The highest BCUT2D eigenvalue weighted by atomic mass is 16.5. The zero-order chi connectivity index (χ0) is 7.56. The molecule has 0 spiro atoms. The van der Waals surface area contributed by atoms with Gasteiger partial charge in [0, 0.05) is 6.04 Å². The van der Waals surface area contributed by atoms with Gasteiger partial charge in [-0.1, -0.05) is 13.8 Å². The van der Waals surface area contributed by atoms with Crippen LogP contribution in [0, 0.1) is 5.92 Å². The SMILES string of the molecule is CCN(C)[C@@H]1COC[C@H]1C. The molecule has 1 aliphatic heterocycles. The van der Waals surface area contributed by atoms with Gasteiger partial charge >= 0.3 is 0 Å². The summed E-state index contributed by atoms with van der Waals surface area (Å²) in [4.78, 5) is 2.36. The number of nitrogens with zero attached hydrogens (tertiary/aromatic N) is 1. The third kappa shape index (κ3) is 1.50. The van der Waals surface area contributed by atoms with E-state index in [0.29, 0.717) is 12.0 Å². The molecule has 2 heteroatoms. The van der Waals surface area contributed by atoms with E-state index in [1.165, 1.54) is 0 Å². The Kier molecular flexibility index (Phi) is 2.69. The summed E-state index contributed by atoms with van der Waals surface area (Å²) in [6, 6.07) is 0.657. The number of hydrogen-bond donors (Lipinski definition) is 0. The van der Waals surface area contributed by atoms with Gasteiger partial charge in [0.2, 0.25) is 0 Å². The third-order valence-electron chi connectivity index (χ3n) is 2.39. The van der Waals surface area contributed by atoms with Gasteiger partial charge in [0.25, 0.3) is 0 Å². The molecular weight excluding hydrogens is 126 g/mol. The van der Waals surface area contributed by atoms with Crippen LogP contribution in [0.25, 0.3) is 0 Å². The van der Waals surface area contributed by atoms with E-state index in [0.717, 1.165) is 19.8 Å². The number of ether oxygens (including phenoxy) is 1. The molecule has 0 aromatic carbocycles. The Bertz CT molecular complexity index is 105. The molecular formula is C8H17NO.